The number of hydrazine groups is 1. The number of methoxy groups -OCH3 is 1. The van der Waals surface area contributed by atoms with Gasteiger partial charge in [0.2, 0.25) is 15.0 Å². The fraction of sp³-hybridized carbons (Fsp3) is 0.250. The molecule has 1 aliphatic heterocycles. The summed E-state index contributed by atoms with van der Waals surface area (Å²) in [5, 5.41) is 2.54. The third-order valence-electron chi connectivity index (χ3n) is 4.87. The molecule has 0 spiro atoms. The highest BCUT2D eigenvalue weighted by Crippen LogP contribution is 2.27. The van der Waals surface area contributed by atoms with Gasteiger partial charge >= 0.3 is 0 Å². The fourth-order valence-electron chi connectivity index (χ4n) is 3.39. The number of carbonyl (C=O) groups excluding carboxylic acids is 2. The van der Waals surface area contributed by atoms with Crippen molar-refractivity contribution in [3.63, 3.8) is 0 Å². The van der Waals surface area contributed by atoms with Crippen LogP contribution in [0.25, 0.3) is 10.9 Å². The van der Waals surface area contributed by atoms with Crippen LogP contribution >= 0.6 is 11.6 Å². The summed E-state index contributed by atoms with van der Waals surface area (Å²) in [6.45, 7) is 0.493. The van der Waals surface area contributed by atoms with Crippen LogP contribution in [-0.4, -0.2) is 71.7 Å². The number of rotatable bonds is 4. The van der Waals surface area contributed by atoms with Gasteiger partial charge in [-0.15, -0.1) is 0 Å². The molecular weight excluding hydrogens is 458 g/mol. The SMILES string of the molecule is COc1cc(C(=O)N2CCCN2C(=O)c2nc(S(C)(=O)=O)ncc2Cl)nc2ccccc12. The Kier molecular flexibility index (Phi) is 5.70. The normalized spacial score (nSPS) is 14.1. The Bertz CT molecular complexity index is 1350. The highest BCUT2D eigenvalue weighted by Gasteiger charge is 2.35. The summed E-state index contributed by atoms with van der Waals surface area (Å²) in [6, 6.07) is 8.74. The number of aromatic nitrogens is 3. The molecule has 0 atom stereocenters. The van der Waals surface area contributed by atoms with Gasteiger partial charge in [-0.05, 0) is 18.6 Å². The van der Waals surface area contributed by atoms with Crippen LogP contribution < -0.4 is 4.74 Å². The minimum atomic E-state index is -3.76. The first-order valence-corrected chi connectivity index (χ1v) is 11.8. The van der Waals surface area contributed by atoms with E-state index in [1.54, 1.807) is 12.1 Å². The first kappa shape index (κ1) is 21.9. The lowest BCUT2D eigenvalue weighted by Crippen LogP contribution is -2.45. The molecular formula is C20H18ClN5O5S. The summed E-state index contributed by atoms with van der Waals surface area (Å²) in [7, 11) is -2.26. The number of amides is 2. The maximum atomic E-state index is 13.3. The van der Waals surface area contributed by atoms with Crippen molar-refractivity contribution in [2.75, 3.05) is 26.5 Å². The van der Waals surface area contributed by atoms with Gasteiger partial charge in [-0.3, -0.25) is 9.59 Å². The maximum absolute atomic E-state index is 13.3. The van der Waals surface area contributed by atoms with Crippen molar-refractivity contribution < 1.29 is 22.7 Å². The Labute approximate surface area is 188 Å². The fourth-order valence-corrected chi connectivity index (χ4v) is 4.06. The molecule has 32 heavy (non-hydrogen) atoms. The van der Waals surface area contributed by atoms with Crippen LogP contribution in [0.2, 0.25) is 5.02 Å². The van der Waals surface area contributed by atoms with E-state index >= 15 is 0 Å². The molecule has 0 radical (unpaired) electrons. The third kappa shape index (κ3) is 3.96. The van der Waals surface area contributed by atoms with Crippen LogP contribution in [0.5, 0.6) is 5.75 Å². The van der Waals surface area contributed by atoms with E-state index < -0.39 is 26.8 Å². The lowest BCUT2D eigenvalue weighted by molar-refractivity contribution is 0.0178. The summed E-state index contributed by atoms with van der Waals surface area (Å²) >= 11 is 6.07. The zero-order valence-electron chi connectivity index (χ0n) is 17.1. The van der Waals surface area contributed by atoms with Gasteiger partial charge in [-0.1, -0.05) is 23.7 Å². The van der Waals surface area contributed by atoms with E-state index in [4.69, 9.17) is 16.3 Å². The number of sulfone groups is 1. The zero-order valence-corrected chi connectivity index (χ0v) is 18.7. The number of nitrogens with zero attached hydrogens (tertiary/aromatic N) is 5. The molecule has 1 aromatic carbocycles. The van der Waals surface area contributed by atoms with Crippen LogP contribution in [-0.2, 0) is 9.84 Å². The predicted octanol–water partition coefficient (Wildman–Crippen LogP) is 1.99. The van der Waals surface area contributed by atoms with Gasteiger partial charge in [-0.25, -0.2) is 33.4 Å². The smallest absolute Gasteiger partial charge is 0.292 e. The first-order chi connectivity index (χ1) is 15.2. The second-order valence-electron chi connectivity index (χ2n) is 7.06. The van der Waals surface area contributed by atoms with Gasteiger partial charge in [0.05, 0.1) is 23.8 Å². The molecule has 2 aromatic heterocycles. The quantitative estimate of drug-likeness (QED) is 0.525. The molecule has 3 heterocycles. The summed E-state index contributed by atoms with van der Waals surface area (Å²) in [5.74, 6) is -0.734. The molecule has 2 amide bonds. The van der Waals surface area contributed by atoms with Crippen molar-refractivity contribution in [2.24, 2.45) is 0 Å². The van der Waals surface area contributed by atoms with E-state index in [0.717, 1.165) is 17.8 Å². The summed E-state index contributed by atoms with van der Waals surface area (Å²) in [4.78, 5) is 38.3. The number of benzene rings is 1. The van der Waals surface area contributed by atoms with E-state index in [0.29, 0.717) is 17.7 Å². The Hall–Kier alpha value is -3.31. The second kappa shape index (κ2) is 8.32. The number of fused-ring (bicyclic) bond motifs is 1. The Morgan fingerprint density at radius 3 is 2.47 bits per heavy atom. The number of hydrogen-bond acceptors (Lipinski definition) is 8. The van der Waals surface area contributed by atoms with Crippen LogP contribution in [0.1, 0.15) is 27.4 Å². The number of hydrogen-bond donors (Lipinski definition) is 0. The average molecular weight is 476 g/mol. The standard InChI is InChI=1S/C20H18ClN5O5S/c1-31-16-10-15(23-14-7-4-3-6-12(14)16)18(27)25-8-5-9-26(25)19(28)17-13(21)11-22-20(24-17)32(2,29)30/h3-4,6-7,10-11H,5,8-9H2,1-2H3. The van der Waals surface area contributed by atoms with E-state index in [1.807, 2.05) is 12.1 Å². The van der Waals surface area contributed by atoms with E-state index in [1.165, 1.54) is 23.2 Å². The Morgan fingerprint density at radius 2 is 1.78 bits per heavy atom. The Balaban J connectivity index is 1.70. The van der Waals surface area contributed by atoms with Gasteiger partial charge in [0.15, 0.2) is 5.69 Å². The number of para-hydroxylation sites is 1. The van der Waals surface area contributed by atoms with E-state index in [-0.39, 0.29) is 29.5 Å². The predicted molar refractivity (Wildman–Crippen MR) is 115 cm³/mol. The minimum absolute atomic E-state index is 0.103. The molecule has 0 saturated carbocycles. The highest BCUT2D eigenvalue weighted by atomic mass is 35.5. The lowest BCUT2D eigenvalue weighted by Gasteiger charge is -2.27. The number of ether oxygens (including phenoxy) is 1. The maximum Gasteiger partial charge on any atom is 0.292 e. The lowest BCUT2D eigenvalue weighted by atomic mass is 10.1. The van der Waals surface area contributed by atoms with E-state index in [2.05, 4.69) is 15.0 Å². The van der Waals surface area contributed by atoms with Crippen molar-refractivity contribution in [3.8, 4) is 5.75 Å². The molecule has 1 fully saturated rings. The summed E-state index contributed by atoms with van der Waals surface area (Å²) < 4.78 is 29.0. The van der Waals surface area contributed by atoms with Crippen LogP contribution in [0, 0.1) is 0 Å². The molecule has 1 aliphatic rings. The molecule has 0 aliphatic carbocycles. The molecule has 0 bridgehead atoms. The molecule has 4 rings (SSSR count). The van der Waals surface area contributed by atoms with Gasteiger partial charge in [0, 0.05) is 30.8 Å². The molecule has 1 saturated heterocycles. The molecule has 3 aromatic rings. The van der Waals surface area contributed by atoms with Gasteiger partial charge in [0.1, 0.15) is 11.4 Å². The molecule has 0 N–H and O–H groups in total. The largest absolute Gasteiger partial charge is 0.496 e. The van der Waals surface area contributed by atoms with Gasteiger partial charge in [0.25, 0.3) is 11.8 Å². The third-order valence-corrected chi connectivity index (χ3v) is 6.01. The monoisotopic (exact) mass is 475 g/mol. The molecule has 12 heteroatoms. The Morgan fingerprint density at radius 1 is 1.09 bits per heavy atom. The van der Waals surface area contributed by atoms with Crippen molar-refractivity contribution in [1.29, 1.82) is 0 Å². The number of carbonyl (C=O) groups is 2. The van der Waals surface area contributed by atoms with Crippen LogP contribution in [0.4, 0.5) is 0 Å². The number of pyridine rings is 1. The van der Waals surface area contributed by atoms with Crippen molar-refractivity contribution in [3.05, 3.63) is 52.9 Å². The topological polar surface area (TPSA) is 123 Å². The molecule has 10 nitrogen and oxygen atoms in total. The van der Waals surface area contributed by atoms with Crippen molar-refractivity contribution in [2.45, 2.75) is 11.6 Å². The van der Waals surface area contributed by atoms with Gasteiger partial charge < -0.3 is 4.74 Å². The minimum Gasteiger partial charge on any atom is -0.496 e. The summed E-state index contributed by atoms with van der Waals surface area (Å²) in [5.41, 5.74) is 0.376. The van der Waals surface area contributed by atoms with Crippen molar-refractivity contribution >= 4 is 44.2 Å². The van der Waals surface area contributed by atoms with Crippen LogP contribution in [0.15, 0.2) is 41.7 Å². The van der Waals surface area contributed by atoms with Gasteiger partial charge in [-0.2, -0.15) is 0 Å². The van der Waals surface area contributed by atoms with Crippen molar-refractivity contribution in [1.82, 2.24) is 25.0 Å². The average Bonchev–Trinajstić information content (AvgIpc) is 3.26. The second-order valence-corrected chi connectivity index (χ2v) is 9.38. The van der Waals surface area contributed by atoms with E-state index in [9.17, 15) is 18.0 Å². The van der Waals surface area contributed by atoms with Crippen LogP contribution in [0.3, 0.4) is 0 Å². The zero-order chi connectivity index (χ0) is 23.0. The summed E-state index contributed by atoms with van der Waals surface area (Å²) in [6.07, 6.45) is 2.49. The number of halogens is 1. The highest BCUT2D eigenvalue weighted by molar-refractivity contribution is 7.90. The molecule has 166 valence electrons. The molecule has 0 unspecified atom stereocenters. The first-order valence-electron chi connectivity index (χ1n) is 9.50.